The van der Waals surface area contributed by atoms with Crippen molar-refractivity contribution >= 4 is 23.2 Å². The Kier molecular flexibility index (Phi) is 4.02. The summed E-state index contributed by atoms with van der Waals surface area (Å²) >= 11 is 5.34. The second-order valence-electron chi connectivity index (χ2n) is 7.58. The number of hydrogen-bond acceptors (Lipinski definition) is 2. The van der Waals surface area contributed by atoms with E-state index in [1.54, 1.807) is 0 Å². The Balaban J connectivity index is 1.53. The Labute approximate surface area is 127 Å². The molecule has 0 atom stereocenters. The van der Waals surface area contributed by atoms with Gasteiger partial charge >= 0.3 is 0 Å². The van der Waals surface area contributed by atoms with Crippen molar-refractivity contribution in [1.29, 1.82) is 0 Å². The zero-order valence-corrected chi connectivity index (χ0v) is 13.3. The third kappa shape index (κ3) is 3.00. The maximum Gasteiger partial charge on any atom is 0.226 e. The number of thiocarbonyl (C=S) groups is 1. The third-order valence-electron chi connectivity index (χ3n) is 5.37. The summed E-state index contributed by atoms with van der Waals surface area (Å²) in [6.45, 7) is 4.10. The Morgan fingerprint density at radius 1 is 1.10 bits per heavy atom. The first kappa shape index (κ1) is 14.3. The number of amides is 1. The van der Waals surface area contributed by atoms with Crippen molar-refractivity contribution in [3.63, 3.8) is 0 Å². The van der Waals surface area contributed by atoms with Crippen LogP contribution in [-0.2, 0) is 4.79 Å². The van der Waals surface area contributed by atoms with Gasteiger partial charge in [-0.1, -0.05) is 13.8 Å². The zero-order chi connectivity index (χ0) is 14.3. The van der Waals surface area contributed by atoms with Crippen LogP contribution in [0.1, 0.15) is 52.4 Å². The van der Waals surface area contributed by atoms with Crippen LogP contribution in [0.2, 0.25) is 0 Å². The van der Waals surface area contributed by atoms with Gasteiger partial charge < -0.3 is 10.6 Å². The monoisotopic (exact) mass is 294 g/mol. The maximum atomic E-state index is 11.8. The molecular formula is C16H26N2OS. The Morgan fingerprint density at radius 3 is 2.15 bits per heavy atom. The lowest BCUT2D eigenvalue weighted by atomic mass is 9.54. The molecule has 4 saturated carbocycles. The average molecular weight is 294 g/mol. The van der Waals surface area contributed by atoms with E-state index in [-0.39, 0.29) is 5.91 Å². The van der Waals surface area contributed by atoms with E-state index in [1.807, 2.05) is 13.8 Å². The standard InChI is InChI=1S/C16H26N2OS/c1-9(2)3-14(19)17-16(20)18-15-12-5-10-4-11(7-12)8-13(15)6-10/h9-13,15H,3-8H2,1-2H3,(H2,17,18,19,20). The predicted molar refractivity (Wildman–Crippen MR) is 84.2 cm³/mol. The molecule has 0 unspecified atom stereocenters. The van der Waals surface area contributed by atoms with Crippen LogP contribution >= 0.6 is 12.2 Å². The molecule has 4 rings (SSSR count). The number of carbonyl (C=O) groups excluding carboxylic acids is 1. The van der Waals surface area contributed by atoms with Crippen molar-refractivity contribution in [3.05, 3.63) is 0 Å². The average Bonchev–Trinajstić information content (AvgIpc) is 2.31. The van der Waals surface area contributed by atoms with Crippen molar-refractivity contribution in [2.75, 3.05) is 0 Å². The SMILES string of the molecule is CC(C)CC(=O)NC(=S)NC1C2CC3CC(C2)CC1C3. The second kappa shape index (κ2) is 5.63. The van der Waals surface area contributed by atoms with E-state index in [0.717, 1.165) is 23.7 Å². The van der Waals surface area contributed by atoms with Gasteiger partial charge in [0.05, 0.1) is 0 Å². The minimum Gasteiger partial charge on any atom is -0.359 e. The molecule has 0 heterocycles. The van der Waals surface area contributed by atoms with E-state index in [4.69, 9.17) is 12.2 Å². The van der Waals surface area contributed by atoms with Gasteiger partial charge in [0.25, 0.3) is 0 Å². The molecule has 3 nitrogen and oxygen atoms in total. The van der Waals surface area contributed by atoms with E-state index in [2.05, 4.69) is 10.6 Å². The van der Waals surface area contributed by atoms with Gasteiger partial charge in [-0.25, -0.2) is 0 Å². The summed E-state index contributed by atoms with van der Waals surface area (Å²) in [5, 5.41) is 6.87. The molecule has 4 heteroatoms. The van der Waals surface area contributed by atoms with Crippen molar-refractivity contribution in [3.8, 4) is 0 Å². The molecule has 0 aliphatic heterocycles. The third-order valence-corrected chi connectivity index (χ3v) is 5.59. The minimum atomic E-state index is 0.0429. The highest BCUT2D eigenvalue weighted by molar-refractivity contribution is 7.80. The van der Waals surface area contributed by atoms with Gasteiger partial charge in [0.2, 0.25) is 5.91 Å². The Morgan fingerprint density at radius 2 is 1.65 bits per heavy atom. The van der Waals surface area contributed by atoms with Crippen LogP contribution in [0, 0.1) is 29.6 Å². The van der Waals surface area contributed by atoms with Crippen LogP contribution in [0.5, 0.6) is 0 Å². The van der Waals surface area contributed by atoms with Gasteiger partial charge in [-0.05, 0) is 73.9 Å². The summed E-state index contributed by atoms with van der Waals surface area (Å²) in [4.78, 5) is 11.8. The lowest BCUT2D eigenvalue weighted by molar-refractivity contribution is -0.120. The lowest BCUT2D eigenvalue weighted by Crippen LogP contribution is -2.57. The molecule has 4 aliphatic rings. The van der Waals surface area contributed by atoms with E-state index in [0.29, 0.717) is 23.5 Å². The van der Waals surface area contributed by atoms with Crippen LogP contribution in [0.3, 0.4) is 0 Å². The van der Waals surface area contributed by atoms with E-state index >= 15 is 0 Å². The van der Waals surface area contributed by atoms with Crippen LogP contribution in [0.4, 0.5) is 0 Å². The Bertz CT molecular complexity index is 379. The number of rotatable bonds is 3. The summed E-state index contributed by atoms with van der Waals surface area (Å²) < 4.78 is 0. The van der Waals surface area contributed by atoms with E-state index in [9.17, 15) is 4.79 Å². The fraction of sp³-hybridized carbons (Fsp3) is 0.875. The first-order valence-corrected chi connectivity index (χ1v) is 8.52. The van der Waals surface area contributed by atoms with Crippen molar-refractivity contribution in [2.24, 2.45) is 29.6 Å². The van der Waals surface area contributed by atoms with Gasteiger partial charge in [0, 0.05) is 12.5 Å². The fourth-order valence-corrected chi connectivity index (χ4v) is 5.15. The van der Waals surface area contributed by atoms with Gasteiger partial charge in [0.15, 0.2) is 5.11 Å². The first-order chi connectivity index (χ1) is 9.51. The van der Waals surface area contributed by atoms with Gasteiger partial charge in [0.1, 0.15) is 0 Å². The lowest BCUT2D eigenvalue weighted by Gasteiger charge is -2.54. The molecule has 0 aromatic carbocycles. The van der Waals surface area contributed by atoms with Crippen molar-refractivity contribution in [1.82, 2.24) is 10.6 Å². The summed E-state index contributed by atoms with van der Waals surface area (Å²) in [7, 11) is 0. The van der Waals surface area contributed by atoms with E-state index < -0.39 is 0 Å². The zero-order valence-electron chi connectivity index (χ0n) is 12.5. The van der Waals surface area contributed by atoms with Crippen molar-refractivity contribution < 1.29 is 4.79 Å². The molecule has 0 radical (unpaired) electrons. The summed E-state index contributed by atoms with van der Waals surface area (Å²) in [5.74, 6) is 3.93. The molecule has 112 valence electrons. The fourth-order valence-electron chi connectivity index (χ4n) is 4.90. The topological polar surface area (TPSA) is 41.1 Å². The quantitative estimate of drug-likeness (QED) is 0.787. The minimum absolute atomic E-state index is 0.0429. The second-order valence-corrected chi connectivity index (χ2v) is 7.98. The number of carbonyl (C=O) groups is 1. The molecule has 0 aromatic rings. The first-order valence-electron chi connectivity index (χ1n) is 8.11. The molecule has 4 fully saturated rings. The normalized spacial score (nSPS) is 38.0. The van der Waals surface area contributed by atoms with Crippen LogP contribution in [0.25, 0.3) is 0 Å². The largest absolute Gasteiger partial charge is 0.359 e. The molecule has 0 aromatic heterocycles. The number of hydrogen-bond donors (Lipinski definition) is 2. The molecule has 20 heavy (non-hydrogen) atoms. The highest BCUT2D eigenvalue weighted by atomic mass is 32.1. The van der Waals surface area contributed by atoms with E-state index in [1.165, 1.54) is 32.1 Å². The molecule has 0 saturated heterocycles. The van der Waals surface area contributed by atoms with Crippen LogP contribution in [0.15, 0.2) is 0 Å². The molecule has 0 spiro atoms. The Hall–Kier alpha value is -0.640. The summed E-state index contributed by atoms with van der Waals surface area (Å²) in [6, 6.07) is 0.509. The molecule has 4 aliphatic carbocycles. The van der Waals surface area contributed by atoms with Crippen molar-refractivity contribution in [2.45, 2.75) is 58.4 Å². The highest BCUT2D eigenvalue weighted by Crippen LogP contribution is 2.53. The molecular weight excluding hydrogens is 268 g/mol. The maximum absolute atomic E-state index is 11.8. The molecule has 2 N–H and O–H groups in total. The van der Waals surface area contributed by atoms with Crippen LogP contribution in [-0.4, -0.2) is 17.1 Å². The molecule has 4 bridgehead atoms. The van der Waals surface area contributed by atoms with Crippen LogP contribution < -0.4 is 10.6 Å². The van der Waals surface area contributed by atoms with Gasteiger partial charge in [-0.3, -0.25) is 4.79 Å². The smallest absolute Gasteiger partial charge is 0.226 e. The van der Waals surface area contributed by atoms with Gasteiger partial charge in [-0.2, -0.15) is 0 Å². The number of nitrogens with one attached hydrogen (secondary N) is 2. The highest BCUT2D eigenvalue weighted by Gasteiger charge is 2.48. The predicted octanol–water partition coefficient (Wildman–Crippen LogP) is 2.85. The summed E-state index contributed by atoms with van der Waals surface area (Å²) in [6.07, 6.45) is 7.49. The molecule has 1 amide bonds. The summed E-state index contributed by atoms with van der Waals surface area (Å²) in [5.41, 5.74) is 0. The van der Waals surface area contributed by atoms with Gasteiger partial charge in [-0.15, -0.1) is 0 Å².